The molecule has 0 radical (unpaired) electrons. The van der Waals surface area contributed by atoms with Gasteiger partial charge in [-0.25, -0.2) is 0 Å². The number of hydrogen-bond acceptors (Lipinski definition) is 5. The van der Waals surface area contributed by atoms with Crippen molar-refractivity contribution < 1.29 is 14.1 Å². The molecule has 2 aromatic carbocycles. The number of ether oxygens (including phenoxy) is 1. The summed E-state index contributed by atoms with van der Waals surface area (Å²) in [6.07, 6.45) is 0.305. The zero-order valence-electron chi connectivity index (χ0n) is 15.7. The molecule has 4 rings (SSSR count). The Morgan fingerprint density at radius 3 is 2.86 bits per heavy atom. The van der Waals surface area contributed by atoms with Gasteiger partial charge in [-0.15, -0.1) is 0 Å². The third-order valence-electron chi connectivity index (χ3n) is 4.80. The Morgan fingerprint density at radius 1 is 1.25 bits per heavy atom. The van der Waals surface area contributed by atoms with Gasteiger partial charge in [0.2, 0.25) is 17.6 Å². The molecule has 0 bridgehead atoms. The molecule has 1 fully saturated rings. The van der Waals surface area contributed by atoms with Crippen molar-refractivity contribution in [2.75, 3.05) is 18.1 Å². The minimum Gasteiger partial charge on any atom is -0.493 e. The van der Waals surface area contributed by atoms with Crippen molar-refractivity contribution >= 4 is 23.2 Å². The third kappa shape index (κ3) is 3.36. The van der Waals surface area contributed by atoms with Crippen molar-refractivity contribution in [3.63, 3.8) is 0 Å². The molecule has 3 aromatic rings. The van der Waals surface area contributed by atoms with Gasteiger partial charge in [0, 0.05) is 13.0 Å². The van der Waals surface area contributed by atoms with Crippen molar-refractivity contribution in [1.29, 1.82) is 0 Å². The number of hydrogen-bond donors (Lipinski definition) is 0. The monoisotopic (exact) mass is 397 g/mol. The van der Waals surface area contributed by atoms with E-state index in [1.54, 1.807) is 11.0 Å². The average Bonchev–Trinajstić information content (AvgIpc) is 3.30. The number of amides is 1. The van der Waals surface area contributed by atoms with Gasteiger partial charge in [-0.3, -0.25) is 4.79 Å². The lowest BCUT2D eigenvalue weighted by atomic mass is 10.1. The fraction of sp³-hybridized carbons (Fsp3) is 0.286. The Kier molecular flexibility index (Phi) is 5.05. The molecule has 1 aliphatic rings. The summed E-state index contributed by atoms with van der Waals surface area (Å²) in [6, 6.07) is 13.2. The van der Waals surface area contributed by atoms with Crippen molar-refractivity contribution in [3.8, 4) is 17.1 Å². The van der Waals surface area contributed by atoms with Gasteiger partial charge in [-0.05, 0) is 37.6 Å². The minimum atomic E-state index is -0.177. The lowest BCUT2D eigenvalue weighted by Gasteiger charge is -2.20. The Balaban J connectivity index is 1.60. The predicted octanol–water partition coefficient (Wildman–Crippen LogP) is 4.62. The van der Waals surface area contributed by atoms with Crippen LogP contribution in [0.5, 0.6) is 5.75 Å². The number of anilines is 1. The molecular weight excluding hydrogens is 378 g/mol. The van der Waals surface area contributed by atoms with Crippen molar-refractivity contribution in [2.24, 2.45) is 0 Å². The van der Waals surface area contributed by atoms with Crippen molar-refractivity contribution in [3.05, 3.63) is 58.9 Å². The van der Waals surface area contributed by atoms with Gasteiger partial charge in [0.1, 0.15) is 5.75 Å². The van der Waals surface area contributed by atoms with E-state index in [-0.39, 0.29) is 11.8 Å². The van der Waals surface area contributed by atoms with Gasteiger partial charge in [0.25, 0.3) is 0 Å². The first kappa shape index (κ1) is 18.5. The van der Waals surface area contributed by atoms with E-state index in [9.17, 15) is 4.79 Å². The van der Waals surface area contributed by atoms with Crippen LogP contribution >= 0.6 is 11.6 Å². The Hall–Kier alpha value is -2.86. The van der Waals surface area contributed by atoms with Crippen LogP contribution in [0.1, 0.15) is 30.7 Å². The smallest absolute Gasteiger partial charge is 0.232 e. The van der Waals surface area contributed by atoms with Crippen molar-refractivity contribution in [2.45, 2.75) is 26.2 Å². The van der Waals surface area contributed by atoms with Gasteiger partial charge in [-0.2, -0.15) is 4.98 Å². The summed E-state index contributed by atoms with van der Waals surface area (Å²) >= 11 is 6.34. The summed E-state index contributed by atoms with van der Waals surface area (Å²) in [7, 11) is 0. The molecule has 0 saturated carbocycles. The Labute approximate surface area is 168 Å². The molecule has 1 saturated heterocycles. The fourth-order valence-corrected chi connectivity index (χ4v) is 3.82. The van der Waals surface area contributed by atoms with Crippen LogP contribution in [-0.4, -0.2) is 29.2 Å². The number of para-hydroxylation sites is 2. The van der Waals surface area contributed by atoms with Crippen LogP contribution in [-0.2, 0) is 4.79 Å². The van der Waals surface area contributed by atoms with Gasteiger partial charge in [0.15, 0.2) is 0 Å². The number of aryl methyl sites for hydroxylation is 1. The van der Waals surface area contributed by atoms with Crippen LogP contribution in [0.3, 0.4) is 0 Å². The summed E-state index contributed by atoms with van der Waals surface area (Å²) < 4.78 is 11.1. The maximum absolute atomic E-state index is 12.6. The summed E-state index contributed by atoms with van der Waals surface area (Å²) in [5.74, 6) is 1.42. The van der Waals surface area contributed by atoms with E-state index in [2.05, 4.69) is 10.1 Å². The molecule has 144 valence electrons. The van der Waals surface area contributed by atoms with Crippen LogP contribution in [0.15, 0.2) is 47.0 Å². The summed E-state index contributed by atoms with van der Waals surface area (Å²) in [4.78, 5) is 18.9. The predicted molar refractivity (Wildman–Crippen MR) is 107 cm³/mol. The second-order valence-electron chi connectivity index (χ2n) is 6.70. The first-order valence-corrected chi connectivity index (χ1v) is 9.57. The number of halogens is 1. The van der Waals surface area contributed by atoms with E-state index in [4.69, 9.17) is 20.9 Å². The van der Waals surface area contributed by atoms with Crippen LogP contribution < -0.4 is 9.64 Å². The highest BCUT2D eigenvalue weighted by Gasteiger charge is 2.36. The number of carbonyl (C=O) groups excluding carboxylic acids is 1. The second-order valence-corrected chi connectivity index (χ2v) is 7.10. The van der Waals surface area contributed by atoms with Gasteiger partial charge >= 0.3 is 0 Å². The van der Waals surface area contributed by atoms with Crippen LogP contribution in [0.2, 0.25) is 5.02 Å². The molecular formula is C21H20ClN3O3. The average molecular weight is 398 g/mol. The molecule has 7 heteroatoms. The second kappa shape index (κ2) is 7.64. The first-order valence-electron chi connectivity index (χ1n) is 9.19. The maximum atomic E-state index is 12.6. The highest BCUT2D eigenvalue weighted by molar-refractivity contribution is 6.34. The summed E-state index contributed by atoms with van der Waals surface area (Å²) in [6.45, 7) is 4.87. The maximum Gasteiger partial charge on any atom is 0.232 e. The zero-order valence-corrected chi connectivity index (χ0v) is 16.4. The summed E-state index contributed by atoms with van der Waals surface area (Å²) in [5.41, 5.74) is 2.47. The largest absolute Gasteiger partial charge is 0.493 e. The Morgan fingerprint density at radius 2 is 2.07 bits per heavy atom. The first-order chi connectivity index (χ1) is 13.6. The molecule has 1 aromatic heterocycles. The number of rotatable bonds is 5. The molecule has 0 N–H and O–H groups in total. The van der Waals surface area contributed by atoms with E-state index in [0.717, 1.165) is 16.8 Å². The summed E-state index contributed by atoms with van der Waals surface area (Å²) in [5, 5.41) is 4.67. The quantitative estimate of drug-likeness (QED) is 0.628. The molecule has 1 amide bonds. The van der Waals surface area contributed by atoms with E-state index in [0.29, 0.717) is 42.1 Å². The zero-order chi connectivity index (χ0) is 19.7. The molecule has 1 unspecified atom stereocenters. The molecule has 28 heavy (non-hydrogen) atoms. The minimum absolute atomic E-state index is 0.00401. The highest BCUT2D eigenvalue weighted by Crippen LogP contribution is 2.37. The van der Waals surface area contributed by atoms with Crippen molar-refractivity contribution in [1.82, 2.24) is 10.1 Å². The SMILES string of the molecule is CCOc1ccccc1-c1noc(C2CC(=O)N(c3c(C)cccc3Cl)C2)n1. The highest BCUT2D eigenvalue weighted by atomic mass is 35.5. The van der Waals surface area contributed by atoms with E-state index in [1.165, 1.54) is 0 Å². The Bertz CT molecular complexity index is 997. The molecule has 0 spiro atoms. The molecule has 1 aliphatic heterocycles. The number of carbonyl (C=O) groups is 1. The lowest BCUT2D eigenvalue weighted by Crippen LogP contribution is -2.25. The van der Waals surface area contributed by atoms with Crippen LogP contribution in [0.4, 0.5) is 5.69 Å². The molecule has 2 heterocycles. The third-order valence-corrected chi connectivity index (χ3v) is 5.11. The molecule has 6 nitrogen and oxygen atoms in total. The van der Waals surface area contributed by atoms with E-state index < -0.39 is 0 Å². The number of aromatic nitrogens is 2. The topological polar surface area (TPSA) is 68.5 Å². The van der Waals surface area contributed by atoms with E-state index >= 15 is 0 Å². The van der Waals surface area contributed by atoms with Crippen LogP contribution in [0, 0.1) is 6.92 Å². The number of benzene rings is 2. The standard InChI is InChI=1S/C21H20ClN3O3/c1-3-27-17-10-5-4-8-15(17)20-23-21(28-24-20)14-11-18(26)25(12-14)19-13(2)7-6-9-16(19)22/h4-10,14H,3,11-12H2,1-2H3. The number of nitrogens with zero attached hydrogens (tertiary/aromatic N) is 3. The lowest BCUT2D eigenvalue weighted by molar-refractivity contribution is -0.117. The molecule has 0 aliphatic carbocycles. The normalized spacial score (nSPS) is 16.6. The van der Waals surface area contributed by atoms with Gasteiger partial charge in [-0.1, -0.05) is 41.0 Å². The van der Waals surface area contributed by atoms with Crippen LogP contribution in [0.25, 0.3) is 11.4 Å². The van der Waals surface area contributed by atoms with E-state index in [1.807, 2.05) is 50.2 Å². The van der Waals surface area contributed by atoms with Gasteiger partial charge < -0.3 is 14.2 Å². The molecule has 1 atom stereocenters. The van der Waals surface area contributed by atoms with Gasteiger partial charge in [0.05, 0.1) is 28.8 Å². The fourth-order valence-electron chi connectivity index (χ4n) is 3.50.